The number of likely N-dealkylation sites (tertiary alicyclic amines) is 1. The molecule has 0 atom stereocenters. The van der Waals surface area contributed by atoms with Gasteiger partial charge in [0, 0.05) is 18.5 Å². The minimum Gasteiger partial charge on any atom is -0.390 e. The first-order valence-electron chi connectivity index (χ1n) is 4.87. The van der Waals surface area contributed by atoms with Gasteiger partial charge in [-0.2, -0.15) is 0 Å². The highest BCUT2D eigenvalue weighted by Gasteiger charge is 2.59. The lowest BCUT2D eigenvalue weighted by Crippen LogP contribution is -2.68. The fourth-order valence-corrected chi connectivity index (χ4v) is 2.98. The monoisotopic (exact) mass is 169 g/mol. The van der Waals surface area contributed by atoms with Crippen LogP contribution in [0.25, 0.3) is 0 Å². The van der Waals surface area contributed by atoms with Crippen molar-refractivity contribution in [2.24, 2.45) is 11.3 Å². The van der Waals surface area contributed by atoms with Crippen LogP contribution < -0.4 is 0 Å². The zero-order valence-corrected chi connectivity index (χ0v) is 8.30. The molecular weight excluding hydrogens is 150 g/mol. The van der Waals surface area contributed by atoms with Crippen molar-refractivity contribution >= 4 is 0 Å². The van der Waals surface area contributed by atoms with Gasteiger partial charge in [-0.05, 0) is 25.8 Å². The standard InChI is InChI=1S/C10H19NO/c1-8(2)10(12)4-9(5-10)6-11(3)7-9/h8,12H,4-7H2,1-3H3. The van der Waals surface area contributed by atoms with Gasteiger partial charge in [-0.3, -0.25) is 0 Å². The van der Waals surface area contributed by atoms with Gasteiger partial charge < -0.3 is 10.0 Å². The van der Waals surface area contributed by atoms with Gasteiger partial charge >= 0.3 is 0 Å². The van der Waals surface area contributed by atoms with Gasteiger partial charge in [0.2, 0.25) is 0 Å². The molecule has 0 aromatic heterocycles. The molecule has 1 N–H and O–H groups in total. The second kappa shape index (κ2) is 2.24. The van der Waals surface area contributed by atoms with Gasteiger partial charge in [0.25, 0.3) is 0 Å². The molecule has 0 aromatic carbocycles. The predicted octanol–water partition coefficient (Wildman–Crippen LogP) is 1.10. The topological polar surface area (TPSA) is 23.5 Å². The maximum absolute atomic E-state index is 10.1. The molecule has 1 saturated heterocycles. The minimum absolute atomic E-state index is 0.332. The largest absolute Gasteiger partial charge is 0.390 e. The van der Waals surface area contributed by atoms with E-state index in [1.54, 1.807) is 0 Å². The lowest BCUT2D eigenvalue weighted by molar-refractivity contribution is -0.203. The van der Waals surface area contributed by atoms with Gasteiger partial charge in [-0.1, -0.05) is 13.8 Å². The molecule has 12 heavy (non-hydrogen) atoms. The second-order valence-corrected chi connectivity index (χ2v) is 5.28. The fourth-order valence-electron chi connectivity index (χ4n) is 2.98. The summed E-state index contributed by atoms with van der Waals surface area (Å²) < 4.78 is 0. The number of aliphatic hydroxyl groups is 1. The molecule has 2 aliphatic rings. The second-order valence-electron chi connectivity index (χ2n) is 5.28. The van der Waals surface area contributed by atoms with Gasteiger partial charge in [0.05, 0.1) is 5.60 Å². The summed E-state index contributed by atoms with van der Waals surface area (Å²) in [7, 11) is 2.15. The maximum atomic E-state index is 10.1. The van der Waals surface area contributed by atoms with Crippen molar-refractivity contribution < 1.29 is 5.11 Å². The molecule has 0 unspecified atom stereocenters. The van der Waals surface area contributed by atoms with E-state index in [-0.39, 0.29) is 5.60 Å². The zero-order chi connectivity index (χ0) is 8.98. The Bertz CT molecular complexity index is 186. The van der Waals surface area contributed by atoms with Crippen LogP contribution in [0.2, 0.25) is 0 Å². The highest BCUT2D eigenvalue weighted by atomic mass is 16.3. The van der Waals surface area contributed by atoms with Crippen molar-refractivity contribution in [3.8, 4) is 0 Å². The molecule has 0 amide bonds. The third kappa shape index (κ3) is 1.01. The van der Waals surface area contributed by atoms with Crippen LogP contribution in [-0.2, 0) is 0 Å². The van der Waals surface area contributed by atoms with Crippen molar-refractivity contribution in [2.45, 2.75) is 32.3 Å². The van der Waals surface area contributed by atoms with Crippen molar-refractivity contribution in [2.75, 3.05) is 20.1 Å². The Morgan fingerprint density at radius 1 is 1.25 bits per heavy atom. The van der Waals surface area contributed by atoms with E-state index in [4.69, 9.17) is 0 Å². The zero-order valence-electron chi connectivity index (χ0n) is 8.30. The Kier molecular flexibility index (Phi) is 1.59. The summed E-state index contributed by atoms with van der Waals surface area (Å²) in [4.78, 5) is 2.33. The van der Waals surface area contributed by atoms with Crippen LogP contribution in [0.4, 0.5) is 0 Å². The molecule has 0 bridgehead atoms. The predicted molar refractivity (Wildman–Crippen MR) is 49.0 cm³/mol. The number of hydrogen-bond acceptors (Lipinski definition) is 2. The summed E-state index contributed by atoms with van der Waals surface area (Å²) in [5.41, 5.74) is 0.176. The first-order chi connectivity index (χ1) is 5.46. The van der Waals surface area contributed by atoms with Crippen molar-refractivity contribution in [3.63, 3.8) is 0 Å². The first-order valence-corrected chi connectivity index (χ1v) is 4.87. The summed E-state index contributed by atoms with van der Waals surface area (Å²) >= 11 is 0. The third-order valence-corrected chi connectivity index (χ3v) is 3.65. The Morgan fingerprint density at radius 3 is 2.08 bits per heavy atom. The Labute approximate surface area is 74.6 Å². The van der Waals surface area contributed by atoms with Gasteiger partial charge in [-0.25, -0.2) is 0 Å². The van der Waals surface area contributed by atoms with E-state index >= 15 is 0 Å². The SMILES string of the molecule is CC(C)C1(O)CC2(CN(C)C2)C1. The normalized spacial score (nSPS) is 31.8. The molecule has 2 nitrogen and oxygen atoms in total. The molecule has 70 valence electrons. The van der Waals surface area contributed by atoms with Gasteiger partial charge in [-0.15, -0.1) is 0 Å². The van der Waals surface area contributed by atoms with Crippen LogP contribution >= 0.6 is 0 Å². The van der Waals surface area contributed by atoms with Crippen LogP contribution in [0, 0.1) is 11.3 Å². The molecule has 2 heteroatoms. The number of rotatable bonds is 1. The van der Waals surface area contributed by atoms with E-state index < -0.39 is 0 Å². The Morgan fingerprint density at radius 2 is 1.75 bits per heavy atom. The van der Waals surface area contributed by atoms with Crippen LogP contribution in [0.1, 0.15) is 26.7 Å². The number of nitrogens with zero attached hydrogens (tertiary/aromatic N) is 1. The smallest absolute Gasteiger partial charge is 0.0683 e. The van der Waals surface area contributed by atoms with Crippen LogP contribution in [0.3, 0.4) is 0 Å². The molecule has 1 aliphatic carbocycles. The Balaban J connectivity index is 1.91. The molecule has 1 aliphatic heterocycles. The molecule has 2 rings (SSSR count). The molecule has 1 saturated carbocycles. The maximum Gasteiger partial charge on any atom is 0.0683 e. The van der Waals surface area contributed by atoms with Crippen LogP contribution in [-0.4, -0.2) is 35.7 Å². The van der Waals surface area contributed by atoms with Gasteiger partial charge in [0.1, 0.15) is 0 Å². The lowest BCUT2D eigenvalue weighted by atomic mass is 9.52. The lowest BCUT2D eigenvalue weighted by Gasteiger charge is -2.63. The number of hydrogen-bond donors (Lipinski definition) is 1. The summed E-state index contributed by atoms with van der Waals surface area (Å²) in [5.74, 6) is 0.425. The molecule has 1 heterocycles. The fraction of sp³-hybridized carbons (Fsp3) is 1.00. The molecule has 2 fully saturated rings. The van der Waals surface area contributed by atoms with E-state index in [9.17, 15) is 5.11 Å². The summed E-state index contributed by atoms with van der Waals surface area (Å²) in [6.07, 6.45) is 2.06. The molecule has 0 radical (unpaired) electrons. The molecule has 1 spiro atoms. The van der Waals surface area contributed by atoms with Gasteiger partial charge in [0.15, 0.2) is 0 Å². The van der Waals surface area contributed by atoms with E-state index in [2.05, 4.69) is 25.8 Å². The van der Waals surface area contributed by atoms with E-state index in [1.165, 1.54) is 13.1 Å². The van der Waals surface area contributed by atoms with Crippen LogP contribution in [0.5, 0.6) is 0 Å². The van der Waals surface area contributed by atoms with E-state index in [1.807, 2.05) is 0 Å². The Hall–Kier alpha value is -0.0800. The van der Waals surface area contributed by atoms with E-state index in [0.717, 1.165) is 12.8 Å². The highest BCUT2D eigenvalue weighted by molar-refractivity contribution is 5.11. The minimum atomic E-state index is -0.332. The summed E-state index contributed by atoms with van der Waals surface area (Å²) in [6.45, 7) is 6.63. The summed E-state index contributed by atoms with van der Waals surface area (Å²) in [6, 6.07) is 0. The molecular formula is C10H19NO. The highest BCUT2D eigenvalue weighted by Crippen LogP contribution is 2.56. The van der Waals surface area contributed by atoms with E-state index in [0.29, 0.717) is 11.3 Å². The van der Waals surface area contributed by atoms with Crippen molar-refractivity contribution in [1.82, 2.24) is 4.90 Å². The average molecular weight is 169 g/mol. The van der Waals surface area contributed by atoms with Crippen molar-refractivity contribution in [3.05, 3.63) is 0 Å². The molecule has 0 aromatic rings. The van der Waals surface area contributed by atoms with Crippen molar-refractivity contribution in [1.29, 1.82) is 0 Å². The third-order valence-electron chi connectivity index (χ3n) is 3.65. The average Bonchev–Trinajstić information content (AvgIpc) is 1.80. The quantitative estimate of drug-likeness (QED) is 0.635. The summed E-state index contributed by atoms with van der Waals surface area (Å²) in [5, 5.41) is 10.1. The van der Waals surface area contributed by atoms with Crippen LogP contribution in [0.15, 0.2) is 0 Å². The first kappa shape index (κ1) is 8.52.